The van der Waals surface area contributed by atoms with Crippen molar-refractivity contribution in [3.63, 3.8) is 0 Å². The van der Waals surface area contributed by atoms with Gasteiger partial charge in [0, 0.05) is 17.2 Å². The second kappa shape index (κ2) is 7.74. The summed E-state index contributed by atoms with van der Waals surface area (Å²) < 4.78 is 12.2. The Balaban J connectivity index is 1.97. The number of amides is 1. The van der Waals surface area contributed by atoms with Crippen LogP contribution in [0.5, 0.6) is 0 Å². The smallest absolute Gasteiger partial charge is 0.210 e. The van der Waals surface area contributed by atoms with Crippen LogP contribution in [0.15, 0.2) is 65.6 Å². The summed E-state index contributed by atoms with van der Waals surface area (Å²) in [4.78, 5) is 13.8. The molecule has 2 unspecified atom stereocenters. The minimum Gasteiger partial charge on any atom is -0.338 e. The lowest BCUT2D eigenvalue weighted by Crippen LogP contribution is -2.29. The van der Waals surface area contributed by atoms with Gasteiger partial charge in [-0.15, -0.1) is 0 Å². The summed E-state index contributed by atoms with van der Waals surface area (Å²) >= 11 is 0. The highest BCUT2D eigenvalue weighted by Crippen LogP contribution is 2.18. The maximum absolute atomic E-state index is 12.2. The molecule has 2 aromatic carbocycles. The minimum absolute atomic E-state index is 0.0172. The number of carbonyl (C=O) groups excluding carboxylic acids is 1. The van der Waals surface area contributed by atoms with Gasteiger partial charge in [-0.05, 0) is 24.6 Å². The lowest BCUT2D eigenvalue weighted by atomic mass is 10.1. The van der Waals surface area contributed by atoms with Crippen LogP contribution in [0.4, 0.5) is 0 Å². The van der Waals surface area contributed by atoms with E-state index in [1.807, 2.05) is 67.6 Å². The van der Waals surface area contributed by atoms with Crippen molar-refractivity contribution in [2.75, 3.05) is 12.3 Å². The van der Waals surface area contributed by atoms with Gasteiger partial charge in [0.1, 0.15) is 0 Å². The molecule has 0 aromatic heterocycles. The molecule has 0 heterocycles. The third-order valence-corrected chi connectivity index (χ3v) is 4.81. The lowest BCUT2D eigenvalue weighted by molar-refractivity contribution is -0.119. The summed E-state index contributed by atoms with van der Waals surface area (Å²) in [6, 6.07) is 19.2. The molecule has 3 nitrogen and oxygen atoms in total. The number of rotatable bonds is 7. The van der Waals surface area contributed by atoms with Gasteiger partial charge in [-0.2, -0.15) is 0 Å². The molecule has 0 bridgehead atoms. The molecule has 21 heavy (non-hydrogen) atoms. The summed E-state index contributed by atoms with van der Waals surface area (Å²) in [5, 5.41) is 0. The Morgan fingerprint density at radius 3 is 2.19 bits per heavy atom. The Morgan fingerprint density at radius 1 is 1.05 bits per heavy atom. The summed E-state index contributed by atoms with van der Waals surface area (Å²) in [5.41, 5.74) is 1.08. The van der Waals surface area contributed by atoms with Crippen molar-refractivity contribution in [1.82, 2.24) is 4.90 Å². The van der Waals surface area contributed by atoms with Gasteiger partial charge in [-0.3, -0.25) is 9.00 Å². The number of nitrogens with zero attached hydrogens (tertiary/aromatic N) is 1. The molecule has 2 aromatic rings. The van der Waals surface area contributed by atoms with E-state index in [4.69, 9.17) is 0 Å². The van der Waals surface area contributed by atoms with Crippen LogP contribution >= 0.6 is 0 Å². The highest BCUT2D eigenvalue weighted by atomic mass is 32.2. The third-order valence-electron chi connectivity index (χ3n) is 3.46. The Hall–Kier alpha value is -1.94. The summed E-state index contributed by atoms with van der Waals surface area (Å²) in [5.74, 6) is 0.444. The van der Waals surface area contributed by atoms with E-state index in [9.17, 15) is 9.00 Å². The van der Waals surface area contributed by atoms with Crippen LogP contribution in [-0.4, -0.2) is 27.8 Å². The van der Waals surface area contributed by atoms with Crippen molar-refractivity contribution in [3.8, 4) is 0 Å². The van der Waals surface area contributed by atoms with E-state index in [2.05, 4.69) is 0 Å². The number of carbonyl (C=O) groups is 1. The first-order chi connectivity index (χ1) is 10.2. The van der Waals surface area contributed by atoms with Gasteiger partial charge in [0.05, 0.1) is 16.8 Å². The van der Waals surface area contributed by atoms with Crippen LogP contribution in [0, 0.1) is 0 Å². The molecule has 110 valence electrons. The fraction of sp³-hybridized carbons (Fsp3) is 0.235. The van der Waals surface area contributed by atoms with Crippen molar-refractivity contribution in [3.05, 3.63) is 66.2 Å². The van der Waals surface area contributed by atoms with Crippen molar-refractivity contribution in [1.29, 1.82) is 0 Å². The van der Waals surface area contributed by atoms with E-state index < -0.39 is 10.8 Å². The van der Waals surface area contributed by atoms with Gasteiger partial charge in [0.2, 0.25) is 6.41 Å². The number of hydrogen-bond acceptors (Lipinski definition) is 2. The normalized spacial score (nSPS) is 13.4. The SMILES string of the molecule is CC(c1ccccc1)N(C=O)CCS(=O)c1ccccc1. The molecular weight excluding hydrogens is 282 g/mol. The maximum atomic E-state index is 12.2. The highest BCUT2D eigenvalue weighted by molar-refractivity contribution is 7.85. The van der Waals surface area contributed by atoms with Crippen LogP contribution in [0.3, 0.4) is 0 Å². The second-order valence-electron chi connectivity index (χ2n) is 4.79. The van der Waals surface area contributed by atoms with Crippen molar-refractivity contribution in [2.45, 2.75) is 17.9 Å². The molecule has 0 aliphatic heterocycles. The summed E-state index contributed by atoms with van der Waals surface area (Å²) in [7, 11) is -1.08. The molecule has 0 N–H and O–H groups in total. The van der Waals surface area contributed by atoms with Crippen LogP contribution < -0.4 is 0 Å². The Bertz CT molecular complexity index is 586. The monoisotopic (exact) mass is 301 g/mol. The van der Waals surface area contributed by atoms with Gasteiger partial charge in [0.25, 0.3) is 0 Å². The molecule has 0 radical (unpaired) electrons. The van der Waals surface area contributed by atoms with Gasteiger partial charge in [-0.25, -0.2) is 0 Å². The standard InChI is InChI=1S/C17H19NO2S/c1-15(16-8-4-2-5-9-16)18(14-19)12-13-21(20)17-10-6-3-7-11-17/h2-11,14-15H,12-13H2,1H3. The number of hydrogen-bond donors (Lipinski definition) is 0. The fourth-order valence-corrected chi connectivity index (χ4v) is 3.21. The first-order valence-corrected chi connectivity index (χ1v) is 8.23. The molecule has 2 rings (SSSR count). The van der Waals surface area contributed by atoms with Gasteiger partial charge < -0.3 is 4.90 Å². The van der Waals surface area contributed by atoms with Crippen molar-refractivity contribution < 1.29 is 9.00 Å². The zero-order valence-electron chi connectivity index (χ0n) is 12.0. The largest absolute Gasteiger partial charge is 0.338 e. The maximum Gasteiger partial charge on any atom is 0.210 e. The Labute approximate surface area is 128 Å². The summed E-state index contributed by atoms with van der Waals surface area (Å²) in [6.45, 7) is 2.45. The third kappa shape index (κ3) is 4.26. The fourth-order valence-electron chi connectivity index (χ4n) is 2.14. The number of benzene rings is 2. The average molecular weight is 301 g/mol. The van der Waals surface area contributed by atoms with Gasteiger partial charge in [0.15, 0.2) is 0 Å². The van der Waals surface area contributed by atoms with Crippen LogP contribution in [0.1, 0.15) is 18.5 Å². The van der Waals surface area contributed by atoms with E-state index in [1.54, 1.807) is 4.90 Å². The average Bonchev–Trinajstić information content (AvgIpc) is 2.56. The van der Waals surface area contributed by atoms with E-state index in [0.29, 0.717) is 12.3 Å². The topological polar surface area (TPSA) is 37.4 Å². The van der Waals surface area contributed by atoms with E-state index >= 15 is 0 Å². The molecule has 4 heteroatoms. The molecule has 2 atom stereocenters. The molecule has 1 amide bonds. The quantitative estimate of drug-likeness (QED) is 0.737. The predicted octanol–water partition coefficient (Wildman–Crippen LogP) is 3.01. The second-order valence-corrected chi connectivity index (χ2v) is 6.36. The van der Waals surface area contributed by atoms with E-state index in [-0.39, 0.29) is 6.04 Å². The molecule has 0 aliphatic carbocycles. The van der Waals surface area contributed by atoms with Crippen LogP contribution in [0.25, 0.3) is 0 Å². The zero-order valence-corrected chi connectivity index (χ0v) is 12.8. The van der Waals surface area contributed by atoms with E-state index in [0.717, 1.165) is 16.9 Å². The zero-order chi connectivity index (χ0) is 15.1. The molecule has 0 fully saturated rings. The Morgan fingerprint density at radius 2 is 1.62 bits per heavy atom. The molecular formula is C17H19NO2S. The molecule has 0 saturated carbocycles. The van der Waals surface area contributed by atoms with Crippen molar-refractivity contribution >= 4 is 17.2 Å². The van der Waals surface area contributed by atoms with Crippen LogP contribution in [-0.2, 0) is 15.6 Å². The molecule has 0 aliphatic rings. The van der Waals surface area contributed by atoms with Crippen molar-refractivity contribution in [2.24, 2.45) is 0 Å². The molecule has 0 spiro atoms. The van der Waals surface area contributed by atoms with Crippen LogP contribution in [0.2, 0.25) is 0 Å². The lowest BCUT2D eigenvalue weighted by Gasteiger charge is -2.25. The minimum atomic E-state index is -1.08. The Kier molecular flexibility index (Phi) is 5.69. The van der Waals surface area contributed by atoms with Gasteiger partial charge >= 0.3 is 0 Å². The van der Waals surface area contributed by atoms with Gasteiger partial charge in [-0.1, -0.05) is 48.5 Å². The first-order valence-electron chi connectivity index (χ1n) is 6.92. The van der Waals surface area contributed by atoms with E-state index in [1.165, 1.54) is 0 Å². The summed E-state index contributed by atoms with van der Waals surface area (Å²) in [6.07, 6.45) is 0.833. The first kappa shape index (κ1) is 15.4. The highest BCUT2D eigenvalue weighted by Gasteiger charge is 2.14. The predicted molar refractivity (Wildman–Crippen MR) is 85.3 cm³/mol. The molecule has 0 saturated heterocycles.